The molecule has 0 saturated carbocycles. The van der Waals surface area contributed by atoms with E-state index in [2.05, 4.69) is 38.6 Å². The molecule has 0 aromatic heterocycles. The summed E-state index contributed by atoms with van der Waals surface area (Å²) in [5.74, 6) is -1.17. The Hall–Kier alpha value is -5.88. The number of piperidine rings is 1. The van der Waals surface area contributed by atoms with E-state index >= 15 is 0 Å². The molecular formula is C50H62N6O10. The first-order chi connectivity index (χ1) is 32.1. The minimum absolute atomic E-state index is 0.0574. The SMILES string of the molecule is Cc1c(O)cc(O)c(C(=O)N2Cc3ccc(CN4CCN(CCOCCOCCOCCNc5cccc(C=O)c5CN(C)C5CCC(=O)NC5=O)CC4)cc3C2)c1OCc1ccccc1. The number of aromatic hydroxyl groups is 2. The molecule has 1 unspecified atom stereocenters. The van der Waals surface area contributed by atoms with Crippen LogP contribution in [0.15, 0.2) is 72.8 Å². The third-order valence-electron chi connectivity index (χ3n) is 12.4. The summed E-state index contributed by atoms with van der Waals surface area (Å²) in [7, 11) is 1.82. The van der Waals surface area contributed by atoms with Gasteiger partial charge in [0.1, 0.15) is 35.7 Å². The monoisotopic (exact) mass is 906 g/mol. The number of carbonyl (C=O) groups excluding carboxylic acids is 4. The maximum atomic E-state index is 13.9. The Morgan fingerprint density at radius 3 is 2.29 bits per heavy atom. The second kappa shape index (κ2) is 23.5. The fraction of sp³-hybridized carbons (Fsp3) is 0.440. The number of hydrogen-bond donors (Lipinski definition) is 4. The van der Waals surface area contributed by atoms with Crippen LogP contribution in [0.4, 0.5) is 5.69 Å². The van der Waals surface area contributed by atoms with Gasteiger partial charge in [-0.25, -0.2) is 0 Å². The van der Waals surface area contributed by atoms with E-state index in [1.165, 1.54) is 11.6 Å². The van der Waals surface area contributed by atoms with Gasteiger partial charge in [0.05, 0.1) is 45.7 Å². The Kier molecular flexibility index (Phi) is 17.1. The van der Waals surface area contributed by atoms with Gasteiger partial charge < -0.3 is 39.4 Å². The molecule has 352 valence electrons. The van der Waals surface area contributed by atoms with E-state index in [9.17, 15) is 29.4 Å². The van der Waals surface area contributed by atoms with Crippen LogP contribution < -0.4 is 15.4 Å². The number of piperazine rings is 1. The van der Waals surface area contributed by atoms with Gasteiger partial charge in [0.15, 0.2) is 0 Å². The maximum Gasteiger partial charge on any atom is 0.262 e. The lowest BCUT2D eigenvalue weighted by Gasteiger charge is -2.34. The number of carbonyl (C=O) groups is 4. The molecule has 3 amide bonds. The van der Waals surface area contributed by atoms with Crippen molar-refractivity contribution < 1.29 is 48.3 Å². The first-order valence-corrected chi connectivity index (χ1v) is 22.7. The number of amides is 3. The van der Waals surface area contributed by atoms with Gasteiger partial charge in [-0.3, -0.25) is 39.2 Å². The average Bonchev–Trinajstić information content (AvgIpc) is 3.75. The van der Waals surface area contributed by atoms with Crippen molar-refractivity contribution in [3.8, 4) is 17.2 Å². The fourth-order valence-corrected chi connectivity index (χ4v) is 8.64. The van der Waals surface area contributed by atoms with Crippen LogP contribution in [0, 0.1) is 6.92 Å². The fourth-order valence-electron chi connectivity index (χ4n) is 8.64. The molecule has 4 aromatic carbocycles. The number of hydrogen-bond acceptors (Lipinski definition) is 14. The summed E-state index contributed by atoms with van der Waals surface area (Å²) in [5.41, 5.74) is 6.85. The number of phenolic OH excluding ortho intramolecular Hbond substituents is 2. The van der Waals surface area contributed by atoms with Gasteiger partial charge >= 0.3 is 0 Å². The van der Waals surface area contributed by atoms with Crippen LogP contribution in [0.1, 0.15) is 66.9 Å². The normalized spacial score (nSPS) is 16.7. The zero-order valence-electron chi connectivity index (χ0n) is 38.0. The van der Waals surface area contributed by atoms with Crippen molar-refractivity contribution in [2.45, 2.75) is 58.6 Å². The largest absolute Gasteiger partial charge is 0.507 e. The number of ether oxygens (including phenoxy) is 4. The lowest BCUT2D eigenvalue weighted by molar-refractivity contribution is -0.137. The number of phenols is 2. The predicted molar refractivity (Wildman–Crippen MR) is 247 cm³/mol. The number of anilines is 1. The van der Waals surface area contributed by atoms with Gasteiger partial charge in [0, 0.05) is 94.7 Å². The molecule has 2 saturated heterocycles. The quantitative estimate of drug-likeness (QED) is 0.0465. The standard InChI is InChI=1S/C50H62N6O10/c1-35-44(58)28-45(59)47(48(35)66-34-36-7-4-3-5-8-36)50(62)56-30-38-12-11-37(27-40(38)31-56)29-55-18-16-54(17-19-55)20-22-64-24-26-65-25-23-63-21-15-51-42-10-6-9-39(33-57)41(42)32-53(2)43-13-14-46(60)52-49(43)61/h3-12,27-28,33,43,51,58-59H,13-26,29-32,34H2,1-2H3,(H,52,60,61). The number of fused-ring (bicyclic) bond motifs is 1. The Morgan fingerprint density at radius 1 is 0.833 bits per heavy atom. The molecule has 0 bridgehead atoms. The first kappa shape index (κ1) is 48.1. The van der Waals surface area contributed by atoms with E-state index in [1.54, 1.807) is 17.9 Å². The number of imide groups is 1. The van der Waals surface area contributed by atoms with Gasteiger partial charge in [-0.15, -0.1) is 0 Å². The highest BCUT2D eigenvalue weighted by Crippen LogP contribution is 2.40. The lowest BCUT2D eigenvalue weighted by Crippen LogP contribution is -2.51. The lowest BCUT2D eigenvalue weighted by atomic mass is 10.0. The second-order valence-corrected chi connectivity index (χ2v) is 17.0. The summed E-state index contributed by atoms with van der Waals surface area (Å²) in [5, 5.41) is 27.1. The summed E-state index contributed by atoms with van der Waals surface area (Å²) >= 11 is 0. The van der Waals surface area contributed by atoms with Crippen LogP contribution in [0.2, 0.25) is 0 Å². The summed E-state index contributed by atoms with van der Waals surface area (Å²) in [4.78, 5) is 58.1. The van der Waals surface area contributed by atoms with Gasteiger partial charge in [-0.1, -0.05) is 60.7 Å². The molecular weight excluding hydrogens is 845 g/mol. The van der Waals surface area contributed by atoms with Crippen LogP contribution in [0.25, 0.3) is 0 Å². The van der Waals surface area contributed by atoms with Gasteiger partial charge in [-0.05, 0) is 54.3 Å². The Bertz CT molecular complexity index is 2300. The van der Waals surface area contributed by atoms with Crippen LogP contribution in [-0.2, 0) is 56.6 Å². The molecule has 1 atom stereocenters. The molecule has 16 nitrogen and oxygen atoms in total. The van der Waals surface area contributed by atoms with Crippen molar-refractivity contribution in [3.05, 3.63) is 117 Å². The van der Waals surface area contributed by atoms with Crippen LogP contribution in [-0.4, -0.2) is 146 Å². The Morgan fingerprint density at radius 2 is 1.55 bits per heavy atom. The van der Waals surface area contributed by atoms with Crippen molar-refractivity contribution in [1.82, 2.24) is 24.9 Å². The molecule has 16 heteroatoms. The van der Waals surface area contributed by atoms with Gasteiger partial charge in [0.2, 0.25) is 11.8 Å². The van der Waals surface area contributed by atoms with Crippen molar-refractivity contribution in [1.29, 1.82) is 0 Å². The van der Waals surface area contributed by atoms with E-state index < -0.39 is 6.04 Å². The number of benzene rings is 4. The minimum Gasteiger partial charge on any atom is -0.507 e. The molecule has 0 spiro atoms. The third-order valence-corrected chi connectivity index (χ3v) is 12.4. The highest BCUT2D eigenvalue weighted by molar-refractivity contribution is 6.01. The van der Waals surface area contributed by atoms with Crippen molar-refractivity contribution in [3.63, 3.8) is 0 Å². The number of rotatable bonds is 23. The summed E-state index contributed by atoms with van der Waals surface area (Å²) < 4.78 is 23.4. The van der Waals surface area contributed by atoms with Crippen LogP contribution in [0.3, 0.4) is 0 Å². The summed E-state index contributed by atoms with van der Waals surface area (Å²) in [6.45, 7) is 12.0. The van der Waals surface area contributed by atoms with Crippen LogP contribution >= 0.6 is 0 Å². The highest BCUT2D eigenvalue weighted by atomic mass is 16.5. The molecule has 0 radical (unpaired) electrons. The predicted octanol–water partition coefficient (Wildman–Crippen LogP) is 4.47. The highest BCUT2D eigenvalue weighted by Gasteiger charge is 2.32. The Balaban J connectivity index is 0.742. The molecule has 4 N–H and O–H groups in total. The van der Waals surface area contributed by atoms with E-state index in [0.717, 1.165) is 73.5 Å². The molecule has 3 aliphatic heterocycles. The Labute approximate surface area is 386 Å². The van der Waals surface area contributed by atoms with Crippen molar-refractivity contribution in [2.24, 2.45) is 0 Å². The molecule has 0 aliphatic carbocycles. The second-order valence-electron chi connectivity index (χ2n) is 17.0. The zero-order chi connectivity index (χ0) is 46.4. The molecule has 7 rings (SSSR count). The number of nitrogens with one attached hydrogen (secondary N) is 2. The molecule has 3 heterocycles. The average molecular weight is 907 g/mol. The van der Waals surface area contributed by atoms with E-state index in [4.69, 9.17) is 18.9 Å². The van der Waals surface area contributed by atoms with Gasteiger partial charge in [-0.2, -0.15) is 0 Å². The molecule has 2 fully saturated rings. The molecule has 66 heavy (non-hydrogen) atoms. The smallest absolute Gasteiger partial charge is 0.262 e. The van der Waals surface area contributed by atoms with Crippen LogP contribution in [0.5, 0.6) is 17.2 Å². The molecule has 4 aromatic rings. The topological polar surface area (TPSA) is 183 Å². The van der Waals surface area contributed by atoms with Gasteiger partial charge in [0.25, 0.3) is 5.91 Å². The third kappa shape index (κ3) is 12.7. The number of likely N-dealkylation sites (N-methyl/N-ethyl adjacent to an activating group) is 1. The van der Waals surface area contributed by atoms with Crippen molar-refractivity contribution >= 4 is 29.7 Å². The molecule has 3 aliphatic rings. The van der Waals surface area contributed by atoms with E-state index in [1.807, 2.05) is 54.4 Å². The maximum absolute atomic E-state index is 13.9. The van der Waals surface area contributed by atoms with Crippen molar-refractivity contribution in [2.75, 3.05) is 91.3 Å². The zero-order valence-corrected chi connectivity index (χ0v) is 38.0. The minimum atomic E-state index is -0.441. The van der Waals surface area contributed by atoms with E-state index in [0.29, 0.717) is 83.4 Å². The summed E-state index contributed by atoms with van der Waals surface area (Å²) in [6.07, 6.45) is 1.54. The summed E-state index contributed by atoms with van der Waals surface area (Å²) in [6, 6.07) is 22.2. The number of nitrogens with zero attached hydrogens (tertiary/aromatic N) is 4. The first-order valence-electron chi connectivity index (χ1n) is 22.7. The van der Waals surface area contributed by atoms with E-state index in [-0.39, 0.29) is 53.6 Å². The number of aldehydes is 1.